The molecule has 0 atom stereocenters. The van der Waals surface area contributed by atoms with Gasteiger partial charge < -0.3 is 10.4 Å². The van der Waals surface area contributed by atoms with E-state index in [1.165, 1.54) is 6.07 Å². The number of phenols is 1. The summed E-state index contributed by atoms with van der Waals surface area (Å²) in [6, 6.07) is 8.57. The van der Waals surface area contributed by atoms with Gasteiger partial charge >= 0.3 is 0 Å². The van der Waals surface area contributed by atoms with E-state index in [1.807, 2.05) is 0 Å². The maximum absolute atomic E-state index is 13.0. The zero-order valence-electron chi connectivity index (χ0n) is 10.8. The van der Waals surface area contributed by atoms with Gasteiger partial charge in [-0.15, -0.1) is 0 Å². The molecule has 0 radical (unpaired) electrons. The lowest BCUT2D eigenvalue weighted by Crippen LogP contribution is -2.03. The molecule has 2 N–H and O–H groups in total. The van der Waals surface area contributed by atoms with Crippen LogP contribution in [0.4, 0.5) is 15.8 Å². The predicted molar refractivity (Wildman–Crippen MR) is 73.2 cm³/mol. The minimum Gasteiger partial charge on any atom is -0.507 e. The topological polar surface area (TPSA) is 75.4 Å². The van der Waals surface area contributed by atoms with Crippen molar-refractivity contribution in [3.05, 3.63) is 63.5 Å². The van der Waals surface area contributed by atoms with Crippen LogP contribution in [0.2, 0.25) is 0 Å². The summed E-state index contributed by atoms with van der Waals surface area (Å²) in [6.07, 6.45) is 0. The molecule has 0 amide bonds. The number of nitro groups is 1. The van der Waals surface area contributed by atoms with Gasteiger partial charge in [-0.3, -0.25) is 10.1 Å². The van der Waals surface area contributed by atoms with Crippen molar-refractivity contribution in [2.45, 2.75) is 13.5 Å². The first-order valence-electron chi connectivity index (χ1n) is 5.94. The number of nitro benzene ring substituents is 1. The van der Waals surface area contributed by atoms with E-state index in [0.29, 0.717) is 5.56 Å². The average Bonchev–Trinajstić information content (AvgIpc) is 2.41. The molecule has 2 aromatic carbocycles. The van der Waals surface area contributed by atoms with Gasteiger partial charge in [-0.05, 0) is 24.6 Å². The first kappa shape index (κ1) is 13.8. The molecule has 0 aliphatic carbocycles. The van der Waals surface area contributed by atoms with E-state index in [-0.39, 0.29) is 23.7 Å². The molecule has 2 rings (SSSR count). The van der Waals surface area contributed by atoms with E-state index >= 15 is 0 Å². The SMILES string of the molecule is Cc1cccc(CNc2ccc(F)cc2[N+](=O)[O-])c1O. The number of aryl methyl sites for hydroxylation is 1. The second kappa shape index (κ2) is 5.56. The van der Waals surface area contributed by atoms with Crippen LogP contribution in [0.1, 0.15) is 11.1 Å². The molecule has 20 heavy (non-hydrogen) atoms. The highest BCUT2D eigenvalue weighted by Crippen LogP contribution is 2.27. The second-order valence-corrected chi connectivity index (χ2v) is 4.35. The Kier molecular flexibility index (Phi) is 3.84. The molecule has 0 saturated heterocycles. The predicted octanol–water partition coefficient (Wildman–Crippen LogP) is 3.36. The minimum atomic E-state index is -0.666. The fourth-order valence-corrected chi connectivity index (χ4v) is 1.86. The van der Waals surface area contributed by atoms with E-state index in [1.54, 1.807) is 25.1 Å². The molecular weight excluding hydrogens is 263 g/mol. The van der Waals surface area contributed by atoms with Crippen molar-refractivity contribution in [2.75, 3.05) is 5.32 Å². The van der Waals surface area contributed by atoms with Gasteiger partial charge in [0.2, 0.25) is 0 Å². The molecule has 0 bridgehead atoms. The summed E-state index contributed by atoms with van der Waals surface area (Å²) in [6.45, 7) is 1.97. The molecule has 0 heterocycles. The summed E-state index contributed by atoms with van der Waals surface area (Å²) >= 11 is 0. The number of halogens is 1. The Morgan fingerprint density at radius 1 is 1.35 bits per heavy atom. The van der Waals surface area contributed by atoms with Gasteiger partial charge in [-0.2, -0.15) is 0 Å². The number of benzene rings is 2. The normalized spacial score (nSPS) is 10.3. The number of aromatic hydroxyl groups is 1. The number of nitrogens with one attached hydrogen (secondary N) is 1. The summed E-state index contributed by atoms with van der Waals surface area (Å²) in [5.41, 5.74) is 1.20. The zero-order valence-corrected chi connectivity index (χ0v) is 10.8. The standard InChI is InChI=1S/C14H13FN2O3/c1-9-3-2-4-10(14(9)18)8-16-12-6-5-11(15)7-13(12)17(19)20/h2-7,16,18H,8H2,1H3. The van der Waals surface area contributed by atoms with Crippen LogP contribution in [-0.4, -0.2) is 10.0 Å². The molecule has 0 unspecified atom stereocenters. The third-order valence-corrected chi connectivity index (χ3v) is 2.95. The van der Waals surface area contributed by atoms with Crippen LogP contribution in [0.5, 0.6) is 5.75 Å². The minimum absolute atomic E-state index is 0.143. The number of hydrogen-bond donors (Lipinski definition) is 2. The maximum Gasteiger partial charge on any atom is 0.295 e. The monoisotopic (exact) mass is 276 g/mol. The summed E-state index contributed by atoms with van der Waals surface area (Å²) in [4.78, 5) is 10.2. The first-order chi connectivity index (χ1) is 9.49. The number of nitrogens with zero attached hydrogens (tertiary/aromatic N) is 1. The van der Waals surface area contributed by atoms with Crippen molar-refractivity contribution in [1.29, 1.82) is 0 Å². The Balaban J connectivity index is 2.23. The lowest BCUT2D eigenvalue weighted by atomic mass is 10.1. The third-order valence-electron chi connectivity index (χ3n) is 2.95. The Morgan fingerprint density at radius 2 is 2.10 bits per heavy atom. The van der Waals surface area contributed by atoms with E-state index in [0.717, 1.165) is 17.7 Å². The van der Waals surface area contributed by atoms with Crippen LogP contribution < -0.4 is 5.32 Å². The largest absolute Gasteiger partial charge is 0.507 e. The van der Waals surface area contributed by atoms with Gasteiger partial charge in [0, 0.05) is 12.1 Å². The first-order valence-corrected chi connectivity index (χ1v) is 5.94. The summed E-state index contributed by atoms with van der Waals surface area (Å²) < 4.78 is 13.0. The van der Waals surface area contributed by atoms with Crippen molar-refractivity contribution < 1.29 is 14.4 Å². The highest BCUT2D eigenvalue weighted by molar-refractivity contribution is 5.61. The lowest BCUT2D eigenvalue weighted by molar-refractivity contribution is -0.384. The Morgan fingerprint density at radius 3 is 2.80 bits per heavy atom. The summed E-state index contributed by atoms with van der Waals surface area (Å²) in [5.74, 6) is -0.523. The fraction of sp³-hybridized carbons (Fsp3) is 0.143. The molecule has 6 heteroatoms. The van der Waals surface area contributed by atoms with Crippen molar-refractivity contribution in [3.63, 3.8) is 0 Å². The summed E-state index contributed by atoms with van der Waals surface area (Å²) in [5, 5.41) is 23.6. The van der Waals surface area contributed by atoms with Gasteiger partial charge in [0.1, 0.15) is 17.3 Å². The molecule has 0 fully saturated rings. The van der Waals surface area contributed by atoms with E-state index in [4.69, 9.17) is 0 Å². The number of anilines is 1. The van der Waals surface area contributed by atoms with Gasteiger partial charge in [0.25, 0.3) is 5.69 Å². The van der Waals surface area contributed by atoms with Gasteiger partial charge in [0.05, 0.1) is 11.0 Å². The summed E-state index contributed by atoms with van der Waals surface area (Å²) in [7, 11) is 0. The fourth-order valence-electron chi connectivity index (χ4n) is 1.86. The number of rotatable bonds is 4. The van der Waals surface area contributed by atoms with Crippen LogP contribution in [0.3, 0.4) is 0 Å². The number of para-hydroxylation sites is 1. The molecule has 0 spiro atoms. The van der Waals surface area contributed by atoms with Crippen molar-refractivity contribution in [2.24, 2.45) is 0 Å². The van der Waals surface area contributed by atoms with Crippen molar-refractivity contribution in [1.82, 2.24) is 0 Å². The third kappa shape index (κ3) is 2.85. The van der Waals surface area contributed by atoms with E-state index in [9.17, 15) is 19.6 Å². The zero-order chi connectivity index (χ0) is 14.7. The average molecular weight is 276 g/mol. The molecule has 0 aliphatic rings. The number of hydrogen-bond acceptors (Lipinski definition) is 4. The Bertz CT molecular complexity index is 659. The van der Waals surface area contributed by atoms with Crippen LogP contribution >= 0.6 is 0 Å². The van der Waals surface area contributed by atoms with Crippen LogP contribution in [0.15, 0.2) is 36.4 Å². The molecule has 0 aliphatic heterocycles. The van der Waals surface area contributed by atoms with Crippen LogP contribution in [0, 0.1) is 22.9 Å². The second-order valence-electron chi connectivity index (χ2n) is 4.35. The Labute approximate surface area is 114 Å². The lowest BCUT2D eigenvalue weighted by Gasteiger charge is -2.10. The number of phenolic OH excluding ortho intramolecular Hbond substituents is 1. The molecule has 2 aromatic rings. The highest BCUT2D eigenvalue weighted by Gasteiger charge is 2.15. The molecular formula is C14H13FN2O3. The van der Waals surface area contributed by atoms with E-state index in [2.05, 4.69) is 5.32 Å². The van der Waals surface area contributed by atoms with Gasteiger partial charge in [-0.1, -0.05) is 18.2 Å². The maximum atomic E-state index is 13.0. The molecule has 104 valence electrons. The van der Waals surface area contributed by atoms with Crippen LogP contribution in [-0.2, 0) is 6.54 Å². The molecule has 0 aromatic heterocycles. The Hall–Kier alpha value is -2.63. The smallest absolute Gasteiger partial charge is 0.295 e. The van der Waals surface area contributed by atoms with Crippen molar-refractivity contribution >= 4 is 11.4 Å². The van der Waals surface area contributed by atoms with Gasteiger partial charge in [-0.25, -0.2) is 4.39 Å². The quantitative estimate of drug-likeness (QED) is 0.663. The molecule has 5 nitrogen and oxygen atoms in total. The van der Waals surface area contributed by atoms with E-state index < -0.39 is 10.7 Å². The van der Waals surface area contributed by atoms with Crippen LogP contribution in [0.25, 0.3) is 0 Å². The van der Waals surface area contributed by atoms with Gasteiger partial charge in [0.15, 0.2) is 0 Å². The molecule has 0 saturated carbocycles. The highest BCUT2D eigenvalue weighted by atomic mass is 19.1. The van der Waals surface area contributed by atoms with Crippen molar-refractivity contribution in [3.8, 4) is 5.75 Å².